The van der Waals surface area contributed by atoms with Crippen molar-refractivity contribution in [2.45, 2.75) is 71.1 Å². The van der Waals surface area contributed by atoms with E-state index in [1.54, 1.807) is 13.2 Å². The minimum atomic E-state index is 0.0198. The molecule has 148 valence electrons. The largest absolute Gasteiger partial charge is 0.494 e. The molecule has 2 aromatic rings. The summed E-state index contributed by atoms with van der Waals surface area (Å²) in [5.74, 6) is 0.606. The highest BCUT2D eigenvalue weighted by Gasteiger charge is 2.10. The molecule has 7 heteroatoms. The molecule has 0 atom stereocenters. The Kier molecular flexibility index (Phi) is 9.30. The maximum Gasteiger partial charge on any atom is 0.224 e. The first kappa shape index (κ1) is 20.9. The van der Waals surface area contributed by atoms with Gasteiger partial charge in [-0.2, -0.15) is 0 Å². The number of ether oxygens (including phenoxy) is 1. The number of benzene rings is 1. The molecule has 0 radical (unpaired) electrons. The Morgan fingerprint density at radius 1 is 1.07 bits per heavy atom. The van der Waals surface area contributed by atoms with Crippen LogP contribution in [0.2, 0.25) is 0 Å². The minimum Gasteiger partial charge on any atom is -0.494 e. The van der Waals surface area contributed by atoms with Gasteiger partial charge in [-0.1, -0.05) is 58.3 Å². The Morgan fingerprint density at radius 3 is 2.41 bits per heavy atom. The van der Waals surface area contributed by atoms with Crippen LogP contribution in [-0.2, 0) is 4.79 Å². The fraction of sp³-hybridized carbons (Fsp3) is 0.600. The molecule has 0 saturated heterocycles. The van der Waals surface area contributed by atoms with Crippen molar-refractivity contribution in [1.29, 1.82) is 0 Å². The predicted octanol–water partition coefficient (Wildman–Crippen LogP) is 4.53. The quantitative estimate of drug-likeness (QED) is 0.522. The molecule has 1 amide bonds. The molecule has 1 heterocycles. The molecule has 0 spiro atoms. The molecule has 27 heavy (non-hydrogen) atoms. The van der Waals surface area contributed by atoms with Gasteiger partial charge in [-0.3, -0.25) is 4.79 Å². The highest BCUT2D eigenvalue weighted by atomic mass is 16.5. The smallest absolute Gasteiger partial charge is 0.224 e. The van der Waals surface area contributed by atoms with Gasteiger partial charge in [0.05, 0.1) is 18.5 Å². The Morgan fingerprint density at radius 2 is 1.78 bits per heavy atom. The normalized spacial score (nSPS) is 10.7. The Labute approximate surface area is 161 Å². The van der Waals surface area contributed by atoms with Gasteiger partial charge >= 0.3 is 0 Å². The van der Waals surface area contributed by atoms with Crippen LogP contribution in [0.5, 0.6) is 5.75 Å². The van der Waals surface area contributed by atoms with E-state index in [1.807, 2.05) is 12.1 Å². The summed E-state index contributed by atoms with van der Waals surface area (Å²) in [4.78, 5) is 12.2. The van der Waals surface area contributed by atoms with E-state index >= 15 is 0 Å². The first-order chi connectivity index (χ1) is 13.2. The molecule has 0 aliphatic carbocycles. The second-order valence-corrected chi connectivity index (χ2v) is 6.77. The van der Waals surface area contributed by atoms with E-state index in [4.69, 9.17) is 4.74 Å². The maximum atomic E-state index is 12.2. The first-order valence-electron chi connectivity index (χ1n) is 9.96. The molecule has 0 aliphatic rings. The summed E-state index contributed by atoms with van der Waals surface area (Å²) in [6.45, 7) is 2.24. The zero-order chi connectivity index (χ0) is 19.3. The number of tetrazole rings is 1. The van der Waals surface area contributed by atoms with Crippen LogP contribution < -0.4 is 10.1 Å². The van der Waals surface area contributed by atoms with Gasteiger partial charge in [-0.05, 0) is 29.0 Å². The minimum absolute atomic E-state index is 0.0198. The summed E-state index contributed by atoms with van der Waals surface area (Å²) in [5.41, 5.74) is 1.43. The second-order valence-electron chi connectivity index (χ2n) is 6.77. The number of aromatic nitrogens is 4. The lowest BCUT2D eigenvalue weighted by atomic mass is 10.1. The van der Waals surface area contributed by atoms with E-state index in [0.717, 1.165) is 18.5 Å². The van der Waals surface area contributed by atoms with Crippen LogP contribution in [0, 0.1) is 0 Å². The lowest BCUT2D eigenvalue weighted by Gasteiger charge is -2.11. The molecule has 0 unspecified atom stereocenters. The first-order valence-corrected chi connectivity index (χ1v) is 9.96. The Balaban J connectivity index is 1.69. The lowest BCUT2D eigenvalue weighted by Crippen LogP contribution is -2.12. The van der Waals surface area contributed by atoms with E-state index in [1.165, 1.54) is 56.0 Å². The van der Waals surface area contributed by atoms with Gasteiger partial charge in [-0.15, -0.1) is 5.10 Å². The number of carbonyl (C=O) groups excluding carboxylic acids is 1. The van der Waals surface area contributed by atoms with E-state index < -0.39 is 0 Å². The number of methoxy groups -OCH3 is 1. The van der Waals surface area contributed by atoms with Crippen LogP contribution in [0.25, 0.3) is 5.69 Å². The third-order valence-electron chi connectivity index (χ3n) is 4.58. The van der Waals surface area contributed by atoms with Crippen molar-refractivity contribution < 1.29 is 9.53 Å². The van der Waals surface area contributed by atoms with Crippen LogP contribution >= 0.6 is 0 Å². The molecule has 7 nitrogen and oxygen atoms in total. The average Bonchev–Trinajstić information content (AvgIpc) is 3.22. The number of amides is 1. The van der Waals surface area contributed by atoms with Crippen LogP contribution in [0.3, 0.4) is 0 Å². The summed E-state index contributed by atoms with van der Waals surface area (Å²) < 4.78 is 6.92. The van der Waals surface area contributed by atoms with Gasteiger partial charge in [0.1, 0.15) is 12.1 Å². The van der Waals surface area contributed by atoms with Crippen molar-refractivity contribution in [2.24, 2.45) is 0 Å². The van der Waals surface area contributed by atoms with Crippen LogP contribution in [0.4, 0.5) is 5.69 Å². The van der Waals surface area contributed by atoms with E-state index in [0.29, 0.717) is 17.9 Å². The number of unbranched alkanes of at least 4 members (excludes halogenated alkanes) is 8. The number of hydrogen-bond donors (Lipinski definition) is 1. The van der Waals surface area contributed by atoms with E-state index in [9.17, 15) is 4.79 Å². The molecule has 0 aliphatic heterocycles. The number of hydrogen-bond acceptors (Lipinski definition) is 5. The van der Waals surface area contributed by atoms with E-state index in [2.05, 4.69) is 27.8 Å². The second kappa shape index (κ2) is 12.0. The van der Waals surface area contributed by atoms with Gasteiger partial charge in [0.25, 0.3) is 0 Å². The van der Waals surface area contributed by atoms with Gasteiger partial charge < -0.3 is 10.1 Å². The molecule has 1 aromatic carbocycles. The lowest BCUT2D eigenvalue weighted by molar-refractivity contribution is -0.116. The van der Waals surface area contributed by atoms with E-state index in [-0.39, 0.29) is 5.91 Å². The van der Waals surface area contributed by atoms with Crippen molar-refractivity contribution in [1.82, 2.24) is 20.2 Å². The van der Waals surface area contributed by atoms with Crippen LogP contribution in [-0.4, -0.2) is 33.2 Å². The molecule has 1 aromatic heterocycles. The molecule has 0 bridgehead atoms. The fourth-order valence-corrected chi connectivity index (χ4v) is 3.01. The summed E-state index contributed by atoms with van der Waals surface area (Å²) in [5, 5.41) is 14.0. The monoisotopic (exact) mass is 373 g/mol. The number of carbonyl (C=O) groups is 1. The van der Waals surface area contributed by atoms with Gasteiger partial charge in [0.15, 0.2) is 0 Å². The summed E-state index contributed by atoms with van der Waals surface area (Å²) in [6.07, 6.45) is 13.2. The van der Waals surface area contributed by atoms with Crippen molar-refractivity contribution in [3.05, 3.63) is 24.5 Å². The number of anilines is 1. The third-order valence-corrected chi connectivity index (χ3v) is 4.58. The number of nitrogens with zero attached hydrogens (tertiary/aromatic N) is 4. The van der Waals surface area contributed by atoms with Crippen molar-refractivity contribution in [2.75, 3.05) is 12.4 Å². The fourth-order valence-electron chi connectivity index (χ4n) is 3.01. The molecule has 0 saturated carbocycles. The third kappa shape index (κ3) is 7.37. The highest BCUT2D eigenvalue weighted by Crippen LogP contribution is 2.27. The van der Waals surface area contributed by atoms with Crippen LogP contribution in [0.15, 0.2) is 24.5 Å². The Hall–Kier alpha value is -2.44. The standard InChI is InChI=1S/C20H31N5O2/c1-3-4-5-6-7-8-9-10-11-12-20(26)22-18-14-13-17(15-19(18)27-2)25-16-21-23-24-25/h13-16H,3-12H2,1-2H3,(H,22,26). The SMILES string of the molecule is CCCCCCCCCCCC(=O)Nc1ccc(-n2cnnn2)cc1OC. The van der Waals surface area contributed by atoms with Gasteiger partial charge in [-0.25, -0.2) is 4.68 Å². The Bertz CT molecular complexity index is 673. The summed E-state index contributed by atoms with van der Waals surface area (Å²) in [7, 11) is 1.58. The van der Waals surface area contributed by atoms with Crippen molar-refractivity contribution >= 4 is 11.6 Å². The predicted molar refractivity (Wildman–Crippen MR) is 106 cm³/mol. The van der Waals surface area contributed by atoms with Gasteiger partial charge in [0.2, 0.25) is 5.91 Å². The topological polar surface area (TPSA) is 81.9 Å². The summed E-state index contributed by atoms with van der Waals surface area (Å²) in [6, 6.07) is 5.45. The average molecular weight is 374 g/mol. The molecule has 0 fully saturated rings. The molecular formula is C20H31N5O2. The highest BCUT2D eigenvalue weighted by molar-refractivity contribution is 5.92. The van der Waals surface area contributed by atoms with Crippen molar-refractivity contribution in [3.8, 4) is 11.4 Å². The van der Waals surface area contributed by atoms with Gasteiger partial charge in [0, 0.05) is 12.5 Å². The molecular weight excluding hydrogens is 342 g/mol. The number of rotatable bonds is 13. The zero-order valence-electron chi connectivity index (χ0n) is 16.5. The van der Waals surface area contributed by atoms with Crippen molar-refractivity contribution in [3.63, 3.8) is 0 Å². The zero-order valence-corrected chi connectivity index (χ0v) is 16.5. The number of nitrogens with one attached hydrogen (secondary N) is 1. The molecule has 2 rings (SSSR count). The summed E-state index contributed by atoms with van der Waals surface area (Å²) >= 11 is 0. The molecule has 1 N–H and O–H groups in total. The maximum absolute atomic E-state index is 12.2. The van der Waals surface area contributed by atoms with Crippen LogP contribution in [0.1, 0.15) is 71.1 Å².